The Morgan fingerprint density at radius 2 is 2.26 bits per heavy atom. The first-order valence-corrected chi connectivity index (χ1v) is 7.59. The van der Waals surface area contributed by atoms with Crippen LogP contribution in [0.3, 0.4) is 0 Å². The monoisotopic (exact) mass is 282 g/mol. The van der Waals surface area contributed by atoms with Gasteiger partial charge in [-0.25, -0.2) is 0 Å². The van der Waals surface area contributed by atoms with E-state index in [2.05, 4.69) is 5.32 Å². The molecule has 0 bridgehead atoms. The highest BCUT2D eigenvalue weighted by atomic mass is 32.2. The second kappa shape index (κ2) is 6.82. The van der Waals surface area contributed by atoms with Crippen molar-refractivity contribution in [2.75, 3.05) is 24.3 Å². The van der Waals surface area contributed by atoms with Gasteiger partial charge in [0.1, 0.15) is 0 Å². The van der Waals surface area contributed by atoms with Gasteiger partial charge in [-0.3, -0.25) is 4.79 Å². The van der Waals surface area contributed by atoms with Crippen molar-refractivity contribution in [1.82, 2.24) is 5.32 Å². The fraction of sp³-hybridized carbons (Fsp3) is 0.500. The minimum absolute atomic E-state index is 0.105. The molecule has 0 radical (unpaired) electrons. The lowest BCUT2D eigenvalue weighted by Gasteiger charge is -2.23. The summed E-state index contributed by atoms with van der Waals surface area (Å²) in [5, 5.41) is 12.8. The summed E-state index contributed by atoms with van der Waals surface area (Å²) in [6, 6.07) is 7.29. The fourth-order valence-corrected chi connectivity index (χ4v) is 2.50. The highest BCUT2D eigenvalue weighted by Crippen LogP contribution is 2.18. The zero-order valence-electron chi connectivity index (χ0n) is 11.6. The number of anilines is 1. The molecule has 0 saturated heterocycles. The van der Waals surface area contributed by atoms with Crippen LogP contribution in [0.25, 0.3) is 0 Å². The number of hydrogen-bond acceptors (Lipinski definition) is 4. The van der Waals surface area contributed by atoms with E-state index in [1.165, 1.54) is 0 Å². The molecule has 0 spiro atoms. The first-order valence-electron chi connectivity index (χ1n) is 6.20. The highest BCUT2D eigenvalue weighted by molar-refractivity contribution is 7.98. The summed E-state index contributed by atoms with van der Waals surface area (Å²) in [6.45, 7) is 3.79. The summed E-state index contributed by atoms with van der Waals surface area (Å²) in [5.74, 6) is 0.195. The van der Waals surface area contributed by atoms with Gasteiger partial charge < -0.3 is 16.2 Å². The molecule has 0 aliphatic carbocycles. The minimum Gasteiger partial charge on any atom is -0.399 e. The van der Waals surface area contributed by atoms with Gasteiger partial charge >= 0.3 is 0 Å². The van der Waals surface area contributed by atoms with E-state index in [1.807, 2.05) is 25.3 Å². The molecule has 4 N–H and O–H groups in total. The Labute approximate surface area is 118 Å². The van der Waals surface area contributed by atoms with Crippen LogP contribution in [0.1, 0.15) is 25.3 Å². The average molecular weight is 282 g/mol. The average Bonchev–Trinajstić information content (AvgIpc) is 2.35. The molecular formula is C14H22N2O2S. The van der Waals surface area contributed by atoms with Crippen molar-refractivity contribution in [3.8, 4) is 0 Å². The molecule has 2 atom stereocenters. The van der Waals surface area contributed by atoms with Gasteiger partial charge in [0.2, 0.25) is 5.91 Å². The van der Waals surface area contributed by atoms with Crippen molar-refractivity contribution in [2.45, 2.75) is 25.4 Å². The molecule has 0 aromatic heterocycles. The molecule has 5 heteroatoms. The van der Waals surface area contributed by atoms with Gasteiger partial charge in [0.05, 0.1) is 11.5 Å². The van der Waals surface area contributed by atoms with Crippen LogP contribution in [0.2, 0.25) is 0 Å². The van der Waals surface area contributed by atoms with Crippen molar-refractivity contribution in [1.29, 1.82) is 0 Å². The first kappa shape index (κ1) is 15.9. The molecule has 1 aromatic carbocycles. The van der Waals surface area contributed by atoms with Crippen LogP contribution in [0.5, 0.6) is 0 Å². The molecule has 106 valence electrons. The zero-order chi connectivity index (χ0) is 14.5. The maximum atomic E-state index is 12.0. The highest BCUT2D eigenvalue weighted by Gasteiger charge is 2.22. The third-order valence-corrected chi connectivity index (χ3v) is 3.81. The number of hydrogen-bond donors (Lipinski definition) is 3. The van der Waals surface area contributed by atoms with Gasteiger partial charge in [0.25, 0.3) is 0 Å². The molecule has 2 unspecified atom stereocenters. The summed E-state index contributed by atoms with van der Waals surface area (Å²) in [6.07, 6.45) is 1.92. The number of amides is 1. The third kappa shape index (κ3) is 5.12. The van der Waals surface area contributed by atoms with Gasteiger partial charge in [-0.1, -0.05) is 12.1 Å². The summed E-state index contributed by atoms with van der Waals surface area (Å²) < 4.78 is 0. The number of nitrogens with one attached hydrogen (secondary N) is 1. The van der Waals surface area contributed by atoms with Crippen LogP contribution in [-0.4, -0.2) is 35.2 Å². The van der Waals surface area contributed by atoms with E-state index in [-0.39, 0.29) is 18.4 Å². The van der Waals surface area contributed by atoms with Crippen LogP contribution in [0, 0.1) is 0 Å². The fourth-order valence-electron chi connectivity index (χ4n) is 1.77. The Kier molecular flexibility index (Phi) is 5.69. The van der Waals surface area contributed by atoms with Crippen LogP contribution in [0.15, 0.2) is 24.3 Å². The van der Waals surface area contributed by atoms with Crippen LogP contribution >= 0.6 is 11.8 Å². The lowest BCUT2D eigenvalue weighted by atomic mass is 9.99. The molecule has 0 heterocycles. The van der Waals surface area contributed by atoms with E-state index < -0.39 is 5.60 Å². The predicted octanol–water partition coefficient (Wildman–Crippen LogP) is 1.60. The maximum Gasteiger partial charge on any atom is 0.227 e. The zero-order valence-corrected chi connectivity index (χ0v) is 12.5. The summed E-state index contributed by atoms with van der Waals surface area (Å²) in [4.78, 5) is 12.0. The second-order valence-corrected chi connectivity index (χ2v) is 5.91. The van der Waals surface area contributed by atoms with Gasteiger partial charge in [-0.2, -0.15) is 11.8 Å². The van der Waals surface area contributed by atoms with E-state index in [0.29, 0.717) is 11.4 Å². The van der Waals surface area contributed by atoms with Crippen LogP contribution in [0.4, 0.5) is 5.69 Å². The quantitative estimate of drug-likeness (QED) is 0.693. The van der Waals surface area contributed by atoms with Crippen molar-refractivity contribution in [3.63, 3.8) is 0 Å². The lowest BCUT2D eigenvalue weighted by Crippen LogP contribution is -2.43. The van der Waals surface area contributed by atoms with Gasteiger partial charge in [0.15, 0.2) is 0 Å². The number of carbonyl (C=O) groups is 1. The van der Waals surface area contributed by atoms with Crippen LogP contribution < -0.4 is 11.1 Å². The molecule has 4 nitrogen and oxygen atoms in total. The topological polar surface area (TPSA) is 75.3 Å². The standard InChI is InChI=1S/C14H22N2O2S/c1-10(11-5-4-6-12(15)7-11)13(17)16-8-14(2,18)9-19-3/h4-7,10,18H,8-9,15H2,1-3H3,(H,16,17). The van der Waals surface area contributed by atoms with Crippen molar-refractivity contribution in [2.24, 2.45) is 0 Å². The summed E-state index contributed by atoms with van der Waals surface area (Å²) in [7, 11) is 0. The van der Waals surface area contributed by atoms with Crippen molar-refractivity contribution in [3.05, 3.63) is 29.8 Å². The Bertz CT molecular complexity index is 435. The van der Waals surface area contributed by atoms with E-state index in [4.69, 9.17) is 5.73 Å². The Morgan fingerprint density at radius 1 is 1.58 bits per heavy atom. The smallest absolute Gasteiger partial charge is 0.227 e. The molecule has 0 aliphatic heterocycles. The maximum absolute atomic E-state index is 12.0. The molecule has 19 heavy (non-hydrogen) atoms. The number of rotatable bonds is 6. The Morgan fingerprint density at radius 3 is 2.84 bits per heavy atom. The Balaban J connectivity index is 2.59. The first-order chi connectivity index (χ1) is 8.85. The predicted molar refractivity (Wildman–Crippen MR) is 81.3 cm³/mol. The number of carbonyl (C=O) groups excluding carboxylic acids is 1. The largest absolute Gasteiger partial charge is 0.399 e. The SMILES string of the molecule is CSCC(C)(O)CNC(=O)C(C)c1cccc(N)c1. The minimum atomic E-state index is -0.884. The molecule has 0 fully saturated rings. The number of benzene rings is 1. The molecule has 1 aromatic rings. The van der Waals surface area contributed by atoms with Crippen molar-refractivity contribution < 1.29 is 9.90 Å². The third-order valence-electron chi connectivity index (χ3n) is 2.90. The van der Waals surface area contributed by atoms with Crippen LogP contribution in [-0.2, 0) is 4.79 Å². The molecule has 0 saturated carbocycles. The summed E-state index contributed by atoms with van der Waals surface area (Å²) >= 11 is 1.55. The number of nitrogen functional groups attached to an aromatic ring is 1. The lowest BCUT2D eigenvalue weighted by molar-refractivity contribution is -0.123. The van der Waals surface area contributed by atoms with Crippen molar-refractivity contribution >= 4 is 23.4 Å². The van der Waals surface area contributed by atoms with E-state index in [1.54, 1.807) is 30.8 Å². The van der Waals surface area contributed by atoms with Gasteiger partial charge in [0, 0.05) is 18.0 Å². The molecule has 1 rings (SSSR count). The van der Waals surface area contributed by atoms with E-state index in [9.17, 15) is 9.90 Å². The van der Waals surface area contributed by atoms with E-state index in [0.717, 1.165) is 5.56 Å². The molecule has 0 aliphatic rings. The molecular weight excluding hydrogens is 260 g/mol. The van der Waals surface area contributed by atoms with Gasteiger partial charge in [-0.15, -0.1) is 0 Å². The Hall–Kier alpha value is -1.20. The summed E-state index contributed by atoms with van der Waals surface area (Å²) in [5.41, 5.74) is 6.34. The normalized spacial score (nSPS) is 15.6. The van der Waals surface area contributed by atoms with Gasteiger partial charge in [-0.05, 0) is 37.8 Å². The molecule has 1 amide bonds. The number of nitrogens with two attached hydrogens (primary N) is 1. The van der Waals surface area contributed by atoms with E-state index >= 15 is 0 Å². The second-order valence-electron chi connectivity index (χ2n) is 5.04. The number of aliphatic hydroxyl groups is 1. The number of thioether (sulfide) groups is 1.